The molecule has 0 radical (unpaired) electrons. The van der Waals surface area contributed by atoms with Crippen molar-refractivity contribution in [2.75, 3.05) is 18.8 Å². The zero-order valence-electron chi connectivity index (χ0n) is 14.0. The average Bonchev–Trinajstić information content (AvgIpc) is 2.48. The lowest BCUT2D eigenvalue weighted by molar-refractivity contribution is 0.0191. The molecule has 2 heterocycles. The molecule has 1 saturated heterocycles. The predicted octanol–water partition coefficient (Wildman–Crippen LogP) is 4.62. The molecule has 4 nitrogen and oxygen atoms in total. The highest BCUT2D eigenvalue weighted by atomic mass is 35.5. The summed E-state index contributed by atoms with van der Waals surface area (Å²) in [6, 6.07) is 3.85. The molecule has 6 heteroatoms. The summed E-state index contributed by atoms with van der Waals surface area (Å²) in [7, 11) is 0. The van der Waals surface area contributed by atoms with Crippen molar-refractivity contribution in [2.45, 2.75) is 45.0 Å². The maximum Gasteiger partial charge on any atom is 0.410 e. The summed E-state index contributed by atoms with van der Waals surface area (Å²) >= 11 is 7.71. The fourth-order valence-corrected chi connectivity index (χ4v) is 3.75. The Kier molecular flexibility index (Phi) is 6.60. The quantitative estimate of drug-likeness (QED) is 0.738. The maximum atomic E-state index is 12.0. The van der Waals surface area contributed by atoms with E-state index in [2.05, 4.69) is 4.98 Å². The fourth-order valence-electron chi connectivity index (χ4n) is 2.44. The molecule has 1 aromatic rings. The van der Waals surface area contributed by atoms with E-state index < -0.39 is 5.60 Å². The molecular formula is C17H25ClN2O2S. The van der Waals surface area contributed by atoms with E-state index in [1.807, 2.05) is 55.8 Å². The van der Waals surface area contributed by atoms with Gasteiger partial charge >= 0.3 is 6.09 Å². The standard InChI is InChI=1S/C17H25ClN2O2S/c1-17(2,3)22-16(21)20-8-6-13(7-9-20)11-23-12-14-4-5-15(18)19-10-14/h4-5,10,13H,6-9,11-12H2,1-3H3. The van der Waals surface area contributed by atoms with E-state index in [0.717, 1.165) is 37.4 Å². The van der Waals surface area contributed by atoms with Crippen LogP contribution in [0.5, 0.6) is 0 Å². The van der Waals surface area contributed by atoms with Crippen LogP contribution in [0.15, 0.2) is 18.3 Å². The summed E-state index contributed by atoms with van der Waals surface area (Å²) < 4.78 is 5.43. The Morgan fingerprint density at radius 1 is 1.39 bits per heavy atom. The van der Waals surface area contributed by atoms with Crippen molar-refractivity contribution < 1.29 is 9.53 Å². The Hall–Kier alpha value is -0.940. The lowest BCUT2D eigenvalue weighted by atomic mass is 9.99. The Morgan fingerprint density at radius 3 is 2.65 bits per heavy atom. The van der Waals surface area contributed by atoms with Crippen molar-refractivity contribution in [3.8, 4) is 0 Å². The van der Waals surface area contributed by atoms with Gasteiger partial charge in [0.05, 0.1) is 0 Å². The molecule has 0 bridgehead atoms. The zero-order valence-corrected chi connectivity index (χ0v) is 15.6. The van der Waals surface area contributed by atoms with Gasteiger partial charge in [0.1, 0.15) is 10.8 Å². The van der Waals surface area contributed by atoms with Gasteiger partial charge in [0, 0.05) is 25.0 Å². The second-order valence-electron chi connectivity index (χ2n) is 6.92. The minimum absolute atomic E-state index is 0.184. The first-order chi connectivity index (χ1) is 10.8. The normalized spacial score (nSPS) is 16.4. The van der Waals surface area contributed by atoms with Gasteiger partial charge < -0.3 is 9.64 Å². The molecule has 23 heavy (non-hydrogen) atoms. The van der Waals surface area contributed by atoms with Gasteiger partial charge in [-0.1, -0.05) is 17.7 Å². The first-order valence-electron chi connectivity index (χ1n) is 7.99. The zero-order chi connectivity index (χ0) is 16.9. The third kappa shape index (κ3) is 6.60. The van der Waals surface area contributed by atoms with Crippen LogP contribution in [0.3, 0.4) is 0 Å². The van der Waals surface area contributed by atoms with Crippen LogP contribution < -0.4 is 0 Å². The molecule has 0 unspecified atom stereocenters. The Morgan fingerprint density at radius 2 is 2.09 bits per heavy atom. The number of carbonyl (C=O) groups excluding carboxylic acids is 1. The van der Waals surface area contributed by atoms with Gasteiger partial charge in [0.25, 0.3) is 0 Å². The van der Waals surface area contributed by atoms with Crippen LogP contribution in [-0.2, 0) is 10.5 Å². The van der Waals surface area contributed by atoms with Crippen molar-refractivity contribution in [3.63, 3.8) is 0 Å². The predicted molar refractivity (Wildman–Crippen MR) is 95.9 cm³/mol. The maximum absolute atomic E-state index is 12.0. The molecule has 1 fully saturated rings. The Labute approximate surface area is 147 Å². The van der Waals surface area contributed by atoms with Crippen molar-refractivity contribution >= 4 is 29.5 Å². The fraction of sp³-hybridized carbons (Fsp3) is 0.647. The molecule has 0 atom stereocenters. The molecular weight excluding hydrogens is 332 g/mol. The van der Waals surface area contributed by atoms with Gasteiger partial charge in [-0.2, -0.15) is 11.8 Å². The van der Waals surface area contributed by atoms with Crippen LogP contribution >= 0.6 is 23.4 Å². The number of hydrogen-bond acceptors (Lipinski definition) is 4. The number of pyridine rings is 1. The average molecular weight is 357 g/mol. The molecule has 0 saturated carbocycles. The third-order valence-corrected chi connectivity index (χ3v) is 5.15. The lowest BCUT2D eigenvalue weighted by Gasteiger charge is -2.33. The second kappa shape index (κ2) is 8.25. The van der Waals surface area contributed by atoms with Gasteiger partial charge in [-0.25, -0.2) is 9.78 Å². The monoisotopic (exact) mass is 356 g/mol. The van der Waals surface area contributed by atoms with E-state index in [1.165, 1.54) is 5.56 Å². The highest BCUT2D eigenvalue weighted by Crippen LogP contribution is 2.24. The molecule has 1 aliphatic heterocycles. The number of piperidine rings is 1. The van der Waals surface area contributed by atoms with Gasteiger partial charge in [0.15, 0.2) is 0 Å². The van der Waals surface area contributed by atoms with Crippen molar-refractivity contribution in [3.05, 3.63) is 29.0 Å². The summed E-state index contributed by atoms with van der Waals surface area (Å²) in [6.45, 7) is 7.30. The summed E-state index contributed by atoms with van der Waals surface area (Å²) in [5.74, 6) is 2.74. The Bertz CT molecular complexity index is 508. The van der Waals surface area contributed by atoms with Crippen molar-refractivity contribution in [1.82, 2.24) is 9.88 Å². The molecule has 0 N–H and O–H groups in total. The van der Waals surface area contributed by atoms with Crippen LogP contribution in [-0.4, -0.2) is 40.4 Å². The first-order valence-corrected chi connectivity index (χ1v) is 9.53. The molecule has 0 spiro atoms. The minimum Gasteiger partial charge on any atom is -0.444 e. The lowest BCUT2D eigenvalue weighted by Crippen LogP contribution is -2.42. The summed E-state index contributed by atoms with van der Waals surface area (Å²) in [6.07, 6.45) is 3.74. The van der Waals surface area contributed by atoms with Gasteiger partial charge in [-0.15, -0.1) is 0 Å². The Balaban J connectivity index is 1.66. The van der Waals surface area contributed by atoms with Crippen molar-refractivity contribution in [1.29, 1.82) is 0 Å². The smallest absolute Gasteiger partial charge is 0.410 e. The summed E-state index contributed by atoms with van der Waals surface area (Å²) in [5, 5.41) is 0.535. The number of rotatable bonds is 4. The van der Waals surface area contributed by atoms with Gasteiger partial charge in [-0.05, 0) is 56.9 Å². The number of likely N-dealkylation sites (tertiary alicyclic amines) is 1. The van der Waals surface area contributed by atoms with E-state index >= 15 is 0 Å². The third-order valence-electron chi connectivity index (χ3n) is 3.68. The number of halogens is 1. The largest absolute Gasteiger partial charge is 0.444 e. The van der Waals surface area contributed by atoms with E-state index in [4.69, 9.17) is 16.3 Å². The number of aromatic nitrogens is 1. The number of ether oxygens (including phenoxy) is 1. The van der Waals surface area contributed by atoms with Crippen molar-refractivity contribution in [2.24, 2.45) is 5.92 Å². The molecule has 1 aliphatic rings. The number of carbonyl (C=O) groups is 1. The number of nitrogens with zero attached hydrogens (tertiary/aromatic N) is 2. The van der Waals surface area contributed by atoms with E-state index in [-0.39, 0.29) is 6.09 Å². The topological polar surface area (TPSA) is 42.4 Å². The van der Waals surface area contributed by atoms with Crippen LogP contribution in [0.2, 0.25) is 5.15 Å². The van der Waals surface area contributed by atoms with E-state index in [9.17, 15) is 4.79 Å². The second-order valence-corrected chi connectivity index (χ2v) is 8.33. The van der Waals surface area contributed by atoms with Gasteiger partial charge in [0.2, 0.25) is 0 Å². The summed E-state index contributed by atoms with van der Waals surface area (Å²) in [5.41, 5.74) is 0.779. The minimum atomic E-state index is -0.420. The summed E-state index contributed by atoms with van der Waals surface area (Å²) in [4.78, 5) is 18.0. The van der Waals surface area contributed by atoms with Crippen LogP contribution in [0.1, 0.15) is 39.2 Å². The molecule has 128 valence electrons. The van der Waals surface area contributed by atoms with Gasteiger partial charge in [-0.3, -0.25) is 0 Å². The molecule has 1 amide bonds. The van der Waals surface area contributed by atoms with Crippen LogP contribution in [0, 0.1) is 5.92 Å². The molecule has 2 rings (SSSR count). The highest BCUT2D eigenvalue weighted by molar-refractivity contribution is 7.98. The first kappa shape index (κ1) is 18.4. The SMILES string of the molecule is CC(C)(C)OC(=O)N1CCC(CSCc2ccc(Cl)nc2)CC1. The highest BCUT2D eigenvalue weighted by Gasteiger charge is 2.26. The molecule has 0 aliphatic carbocycles. The van der Waals surface area contributed by atoms with Crippen LogP contribution in [0.4, 0.5) is 4.79 Å². The number of thioether (sulfide) groups is 1. The van der Waals surface area contributed by atoms with E-state index in [1.54, 1.807) is 0 Å². The van der Waals surface area contributed by atoms with E-state index in [0.29, 0.717) is 11.1 Å². The number of amides is 1. The van der Waals surface area contributed by atoms with Crippen LogP contribution in [0.25, 0.3) is 0 Å². The molecule has 1 aromatic heterocycles. The molecule has 0 aromatic carbocycles. The number of hydrogen-bond donors (Lipinski definition) is 0.